The average molecular weight is 317 g/mol. The predicted molar refractivity (Wildman–Crippen MR) is 83.4 cm³/mol. The Kier molecular flexibility index (Phi) is 4.23. The van der Waals surface area contributed by atoms with Crippen LogP contribution in [0.3, 0.4) is 0 Å². The number of piperidine rings is 1. The van der Waals surface area contributed by atoms with E-state index in [0.717, 1.165) is 5.56 Å². The number of carbonyl (C=O) groups excluding carboxylic acids is 1. The molecule has 2 aliphatic heterocycles. The zero-order chi connectivity index (χ0) is 16.4. The Bertz CT molecular complexity index is 667. The molecule has 1 N–H and O–H groups in total. The number of hydrogen-bond acceptors (Lipinski definition) is 4. The highest BCUT2D eigenvalue weighted by Crippen LogP contribution is 2.31. The van der Waals surface area contributed by atoms with Crippen LogP contribution in [0.25, 0.3) is 6.08 Å². The minimum atomic E-state index is -0.841. The third-order valence-electron chi connectivity index (χ3n) is 4.26. The van der Waals surface area contributed by atoms with Gasteiger partial charge in [-0.05, 0) is 37.1 Å². The van der Waals surface area contributed by atoms with Crippen molar-refractivity contribution in [3.63, 3.8) is 0 Å². The molecular formula is C17H19NO5. The van der Waals surface area contributed by atoms with Gasteiger partial charge in [0.2, 0.25) is 0 Å². The Balaban J connectivity index is 1.79. The van der Waals surface area contributed by atoms with Gasteiger partial charge in [-0.3, -0.25) is 9.59 Å². The molecule has 0 aromatic heterocycles. The molecule has 3 rings (SSSR count). The molecule has 1 saturated heterocycles. The van der Waals surface area contributed by atoms with E-state index in [4.69, 9.17) is 14.6 Å². The highest BCUT2D eigenvalue weighted by molar-refractivity contribution is 5.99. The molecule has 0 saturated carbocycles. The number of hydrogen-bond donors (Lipinski definition) is 1. The molecule has 2 heterocycles. The van der Waals surface area contributed by atoms with E-state index in [1.807, 2.05) is 18.2 Å². The molecule has 1 atom stereocenters. The summed E-state index contributed by atoms with van der Waals surface area (Å²) in [6, 6.07) is 5.44. The lowest BCUT2D eigenvalue weighted by Crippen LogP contribution is -2.43. The molecule has 23 heavy (non-hydrogen) atoms. The molecule has 2 aliphatic rings. The molecular weight excluding hydrogens is 298 g/mol. The standard InChI is InChI=1S/C17H19NO5/c1-22-14-4-5-15-12(8-14)7-13(10-23-15)16(19)18-6-2-3-11(9-18)17(20)21/h4-5,7-8,11H,2-3,6,9-10H2,1H3,(H,20,21)/t11-/m0/s1. The van der Waals surface area contributed by atoms with Gasteiger partial charge in [0.25, 0.3) is 5.91 Å². The number of nitrogens with zero attached hydrogens (tertiary/aromatic N) is 1. The molecule has 0 unspecified atom stereocenters. The van der Waals surface area contributed by atoms with Crippen LogP contribution >= 0.6 is 0 Å². The molecule has 1 fully saturated rings. The van der Waals surface area contributed by atoms with Crippen LogP contribution in [0.5, 0.6) is 11.5 Å². The fraction of sp³-hybridized carbons (Fsp3) is 0.412. The first-order chi connectivity index (χ1) is 11.1. The third-order valence-corrected chi connectivity index (χ3v) is 4.26. The number of carboxylic acids is 1. The van der Waals surface area contributed by atoms with Crippen LogP contribution in [0.15, 0.2) is 23.8 Å². The van der Waals surface area contributed by atoms with Crippen LogP contribution in [0.4, 0.5) is 0 Å². The van der Waals surface area contributed by atoms with Crippen molar-refractivity contribution in [2.24, 2.45) is 5.92 Å². The maximum atomic E-state index is 12.6. The van der Waals surface area contributed by atoms with Gasteiger partial charge in [0.05, 0.1) is 18.6 Å². The van der Waals surface area contributed by atoms with Crippen molar-refractivity contribution in [1.29, 1.82) is 0 Å². The lowest BCUT2D eigenvalue weighted by atomic mass is 9.97. The molecule has 122 valence electrons. The first kappa shape index (κ1) is 15.4. The van der Waals surface area contributed by atoms with E-state index < -0.39 is 11.9 Å². The summed E-state index contributed by atoms with van der Waals surface area (Å²) in [7, 11) is 1.58. The second-order valence-corrected chi connectivity index (χ2v) is 5.79. The summed E-state index contributed by atoms with van der Waals surface area (Å²) in [4.78, 5) is 25.4. The Hall–Kier alpha value is -2.50. The summed E-state index contributed by atoms with van der Waals surface area (Å²) < 4.78 is 10.8. The predicted octanol–water partition coefficient (Wildman–Crippen LogP) is 1.79. The van der Waals surface area contributed by atoms with Crippen molar-refractivity contribution in [3.8, 4) is 11.5 Å². The van der Waals surface area contributed by atoms with Crippen LogP contribution < -0.4 is 9.47 Å². The van der Waals surface area contributed by atoms with Crippen molar-refractivity contribution in [2.75, 3.05) is 26.8 Å². The van der Waals surface area contributed by atoms with E-state index in [1.165, 1.54) is 0 Å². The fourth-order valence-electron chi connectivity index (χ4n) is 2.97. The SMILES string of the molecule is COc1ccc2c(c1)C=C(C(=O)N1CCC[C@H](C(=O)O)C1)CO2. The summed E-state index contributed by atoms with van der Waals surface area (Å²) >= 11 is 0. The number of benzene rings is 1. The average Bonchev–Trinajstić information content (AvgIpc) is 2.60. The zero-order valence-corrected chi connectivity index (χ0v) is 12.9. The van der Waals surface area contributed by atoms with Crippen LogP contribution in [0.2, 0.25) is 0 Å². The Morgan fingerprint density at radius 3 is 2.96 bits per heavy atom. The number of amides is 1. The number of carboxylic acid groups (broad SMARTS) is 1. The van der Waals surface area contributed by atoms with E-state index in [1.54, 1.807) is 18.1 Å². The van der Waals surface area contributed by atoms with Crippen molar-refractivity contribution < 1.29 is 24.2 Å². The quantitative estimate of drug-likeness (QED) is 0.920. The summed E-state index contributed by atoms with van der Waals surface area (Å²) in [5.41, 5.74) is 1.34. The molecule has 0 aliphatic carbocycles. The second kappa shape index (κ2) is 6.32. The maximum absolute atomic E-state index is 12.6. The van der Waals surface area contributed by atoms with Gasteiger partial charge in [0, 0.05) is 18.7 Å². The lowest BCUT2D eigenvalue weighted by Gasteiger charge is -2.32. The largest absolute Gasteiger partial charge is 0.497 e. The Labute approximate surface area is 134 Å². The molecule has 6 nitrogen and oxygen atoms in total. The molecule has 1 amide bonds. The smallest absolute Gasteiger partial charge is 0.308 e. The lowest BCUT2D eigenvalue weighted by molar-refractivity contribution is -0.145. The number of ether oxygens (including phenoxy) is 2. The fourth-order valence-corrected chi connectivity index (χ4v) is 2.97. The van der Waals surface area contributed by atoms with Gasteiger partial charge in [-0.25, -0.2) is 0 Å². The zero-order valence-electron chi connectivity index (χ0n) is 12.9. The molecule has 0 spiro atoms. The van der Waals surface area contributed by atoms with Gasteiger partial charge < -0.3 is 19.5 Å². The van der Waals surface area contributed by atoms with E-state index >= 15 is 0 Å². The van der Waals surface area contributed by atoms with Gasteiger partial charge in [-0.1, -0.05) is 0 Å². The van der Waals surface area contributed by atoms with Crippen LogP contribution in [0.1, 0.15) is 18.4 Å². The van der Waals surface area contributed by atoms with E-state index in [9.17, 15) is 9.59 Å². The van der Waals surface area contributed by atoms with Gasteiger partial charge in [-0.2, -0.15) is 0 Å². The summed E-state index contributed by atoms with van der Waals surface area (Å²) in [5, 5.41) is 9.14. The summed E-state index contributed by atoms with van der Waals surface area (Å²) in [6.07, 6.45) is 3.13. The summed E-state index contributed by atoms with van der Waals surface area (Å²) in [5.74, 6) is -0.0633. The second-order valence-electron chi connectivity index (χ2n) is 5.79. The number of aliphatic carboxylic acids is 1. The van der Waals surface area contributed by atoms with E-state index in [-0.39, 0.29) is 19.1 Å². The maximum Gasteiger partial charge on any atom is 0.308 e. The van der Waals surface area contributed by atoms with E-state index in [0.29, 0.717) is 36.5 Å². The van der Waals surface area contributed by atoms with Crippen molar-refractivity contribution >= 4 is 18.0 Å². The third kappa shape index (κ3) is 3.16. The molecule has 0 radical (unpaired) electrons. The van der Waals surface area contributed by atoms with Gasteiger partial charge in [-0.15, -0.1) is 0 Å². The first-order valence-electron chi connectivity index (χ1n) is 7.62. The van der Waals surface area contributed by atoms with Gasteiger partial charge >= 0.3 is 5.97 Å². The minimum absolute atomic E-state index is 0.149. The molecule has 0 bridgehead atoms. The Morgan fingerprint density at radius 2 is 2.22 bits per heavy atom. The minimum Gasteiger partial charge on any atom is -0.497 e. The highest BCUT2D eigenvalue weighted by atomic mass is 16.5. The topological polar surface area (TPSA) is 76.1 Å². The van der Waals surface area contributed by atoms with Crippen LogP contribution in [-0.2, 0) is 9.59 Å². The normalized spacial score (nSPS) is 20.1. The summed E-state index contributed by atoms with van der Waals surface area (Å²) in [6.45, 7) is 1.05. The number of fused-ring (bicyclic) bond motifs is 1. The van der Waals surface area contributed by atoms with Crippen molar-refractivity contribution in [3.05, 3.63) is 29.3 Å². The van der Waals surface area contributed by atoms with Crippen molar-refractivity contribution in [2.45, 2.75) is 12.8 Å². The van der Waals surface area contributed by atoms with Crippen LogP contribution in [0, 0.1) is 5.92 Å². The number of likely N-dealkylation sites (tertiary alicyclic amines) is 1. The number of methoxy groups -OCH3 is 1. The number of rotatable bonds is 3. The van der Waals surface area contributed by atoms with E-state index in [2.05, 4.69) is 0 Å². The first-order valence-corrected chi connectivity index (χ1v) is 7.62. The molecule has 1 aromatic carbocycles. The van der Waals surface area contributed by atoms with Crippen LogP contribution in [-0.4, -0.2) is 48.7 Å². The molecule has 1 aromatic rings. The molecule has 6 heteroatoms. The number of carbonyl (C=O) groups is 2. The Morgan fingerprint density at radius 1 is 1.39 bits per heavy atom. The van der Waals surface area contributed by atoms with Gasteiger partial charge in [0.15, 0.2) is 0 Å². The highest BCUT2D eigenvalue weighted by Gasteiger charge is 2.30. The van der Waals surface area contributed by atoms with Crippen molar-refractivity contribution in [1.82, 2.24) is 4.90 Å². The monoisotopic (exact) mass is 317 g/mol. The van der Waals surface area contributed by atoms with Gasteiger partial charge in [0.1, 0.15) is 18.1 Å².